The van der Waals surface area contributed by atoms with E-state index in [9.17, 15) is 29.4 Å². The van der Waals surface area contributed by atoms with E-state index >= 15 is 0 Å². The normalized spacial score (nSPS) is 40.5. The number of carbonyl (C=O) groups excluding carboxylic acids is 3. The van der Waals surface area contributed by atoms with Gasteiger partial charge in [0.1, 0.15) is 6.10 Å². The minimum atomic E-state index is -0.895. The van der Waals surface area contributed by atoms with Crippen LogP contribution in [0.4, 0.5) is 0 Å². The van der Waals surface area contributed by atoms with Crippen molar-refractivity contribution in [1.29, 1.82) is 0 Å². The first-order chi connectivity index (χ1) is 25.6. The van der Waals surface area contributed by atoms with Gasteiger partial charge in [-0.1, -0.05) is 85.6 Å². The number of fused-ring (bicyclic) bond motifs is 7. The number of esters is 1. The van der Waals surface area contributed by atoms with Gasteiger partial charge >= 0.3 is 11.9 Å². The first-order valence-corrected chi connectivity index (χ1v) is 21.4. The number of halogens is 1. The average Bonchev–Trinajstić information content (AvgIpc) is 3.41. The third-order valence-electron chi connectivity index (χ3n) is 17.7. The summed E-state index contributed by atoms with van der Waals surface area (Å²) in [4.78, 5) is 52.6. The number of Topliss-reactive ketones (excluding diaryl/α,β-unsaturated/α-hetero) is 1. The number of ether oxygens (including phenoxy) is 1. The first kappa shape index (κ1) is 40.5. The van der Waals surface area contributed by atoms with Crippen molar-refractivity contribution in [2.75, 3.05) is 6.54 Å². The average molecular weight is 778 g/mol. The van der Waals surface area contributed by atoms with E-state index in [2.05, 4.69) is 53.8 Å². The molecular weight excluding hydrogens is 714 g/mol. The van der Waals surface area contributed by atoms with Crippen LogP contribution in [-0.2, 0) is 19.1 Å². The summed E-state index contributed by atoms with van der Waals surface area (Å²) < 4.78 is 6.40. The van der Waals surface area contributed by atoms with Gasteiger partial charge in [0.2, 0.25) is 0 Å². The van der Waals surface area contributed by atoms with E-state index in [1.54, 1.807) is 24.3 Å². The fourth-order valence-electron chi connectivity index (χ4n) is 14.4. The molecule has 0 aromatic heterocycles. The SMILES string of the molecule is CC(C)C1=C2[C@H]3CC[C@@H]4[C@@]5(C)CC[C@H](OC(=O)[C@H]6C[C@@H](C(=O)O)C6(C)C)C(C)(C)[C@@H]5CC[C@@]4(C)[C@]3(C)CC[C@@]2([C@@H](O)CNC(=O)c2cccc(Cl)c2)CC1=O. The monoisotopic (exact) mass is 777 g/mol. The summed E-state index contributed by atoms with van der Waals surface area (Å²) in [7, 11) is 0. The van der Waals surface area contributed by atoms with Crippen LogP contribution in [0.15, 0.2) is 35.4 Å². The number of hydrogen-bond acceptors (Lipinski definition) is 6. The van der Waals surface area contributed by atoms with E-state index in [1.165, 1.54) is 5.57 Å². The standard InChI is InChI=1S/C46H64ClNO7/c1-25(2)36-31(49)23-46(34(50)24-48-38(51)26-11-10-12-27(47)21-26)20-19-44(8)28(37(36)46)13-14-33-43(7)17-16-35(42(5,6)32(43)15-18-45(33,44)9)55-40(54)30-22-29(39(52)53)41(30,3)4/h10-12,21,25,28-30,32-35,50H,13-20,22-24H2,1-9H3,(H,48,51)(H,52,53)/t28-,29+,30-,32+,33-,34+,35+,43+,44-,45-,46+/m1/s1. The Kier molecular flexibility index (Phi) is 9.88. The number of aliphatic hydroxyl groups excluding tert-OH is 1. The molecule has 1 aromatic carbocycles. The number of aliphatic carboxylic acids is 1. The van der Waals surface area contributed by atoms with E-state index in [-0.39, 0.29) is 63.8 Å². The fourth-order valence-corrected chi connectivity index (χ4v) is 14.5. The van der Waals surface area contributed by atoms with Crippen LogP contribution in [-0.4, -0.2) is 52.6 Å². The first-order valence-electron chi connectivity index (χ1n) is 21.0. The molecule has 6 aliphatic carbocycles. The Morgan fingerprint density at radius 3 is 2.24 bits per heavy atom. The zero-order valence-electron chi connectivity index (χ0n) is 34.5. The van der Waals surface area contributed by atoms with Crippen molar-refractivity contribution in [3.63, 3.8) is 0 Å². The minimum absolute atomic E-state index is 0.00118. The molecule has 0 aliphatic heterocycles. The van der Waals surface area contributed by atoms with E-state index < -0.39 is 34.7 Å². The third kappa shape index (κ3) is 5.82. The van der Waals surface area contributed by atoms with Crippen LogP contribution < -0.4 is 5.32 Å². The molecule has 7 rings (SSSR count). The van der Waals surface area contributed by atoms with Crippen LogP contribution in [0.25, 0.3) is 0 Å². The molecule has 5 saturated carbocycles. The molecule has 8 nitrogen and oxygen atoms in total. The highest BCUT2D eigenvalue weighted by Gasteiger charge is 2.71. The van der Waals surface area contributed by atoms with Gasteiger partial charge < -0.3 is 20.3 Å². The van der Waals surface area contributed by atoms with Crippen LogP contribution in [0, 0.1) is 68.0 Å². The Morgan fingerprint density at radius 2 is 1.60 bits per heavy atom. The lowest BCUT2D eigenvalue weighted by Crippen LogP contribution is -2.66. The van der Waals surface area contributed by atoms with E-state index in [1.807, 2.05) is 13.8 Å². The second-order valence-electron chi connectivity index (χ2n) is 20.9. The number of rotatable bonds is 8. The lowest BCUT2D eigenvalue weighted by atomic mass is 9.33. The number of nitrogens with one attached hydrogen (secondary N) is 1. The molecule has 11 atom stereocenters. The van der Waals surface area contributed by atoms with Crippen molar-refractivity contribution in [3.05, 3.63) is 46.0 Å². The molecule has 0 bridgehead atoms. The van der Waals surface area contributed by atoms with Gasteiger partial charge in [-0.2, -0.15) is 0 Å². The maximum Gasteiger partial charge on any atom is 0.309 e. The summed E-state index contributed by atoms with van der Waals surface area (Å²) in [6, 6.07) is 6.79. The molecular formula is C46H64ClNO7. The van der Waals surface area contributed by atoms with Crippen molar-refractivity contribution in [2.45, 2.75) is 139 Å². The van der Waals surface area contributed by atoms with Gasteiger partial charge in [0.25, 0.3) is 5.91 Å². The number of amides is 1. The number of ketones is 1. The molecule has 1 amide bonds. The van der Waals surface area contributed by atoms with Gasteiger partial charge in [-0.25, -0.2) is 0 Å². The lowest BCUT2D eigenvalue weighted by Gasteiger charge is -2.72. The maximum atomic E-state index is 14.1. The van der Waals surface area contributed by atoms with Gasteiger partial charge in [-0.3, -0.25) is 19.2 Å². The van der Waals surface area contributed by atoms with Crippen LogP contribution in [0.1, 0.15) is 137 Å². The Balaban J connectivity index is 1.14. The summed E-state index contributed by atoms with van der Waals surface area (Å²) in [5, 5.41) is 25.2. The second-order valence-corrected chi connectivity index (χ2v) is 21.3. The highest BCUT2D eigenvalue weighted by molar-refractivity contribution is 6.31. The molecule has 0 spiro atoms. The Hall–Kier alpha value is -2.71. The molecule has 0 unspecified atom stereocenters. The van der Waals surface area contributed by atoms with Crippen molar-refractivity contribution in [3.8, 4) is 0 Å². The Morgan fingerprint density at radius 1 is 0.891 bits per heavy atom. The smallest absolute Gasteiger partial charge is 0.309 e. The maximum absolute atomic E-state index is 14.1. The summed E-state index contributed by atoms with van der Waals surface area (Å²) in [6.45, 7) is 20.1. The molecule has 55 heavy (non-hydrogen) atoms. The highest BCUT2D eigenvalue weighted by Crippen LogP contribution is 2.77. The summed E-state index contributed by atoms with van der Waals surface area (Å²) in [5.41, 5.74) is 0.925. The Bertz CT molecular complexity index is 1820. The predicted molar refractivity (Wildman–Crippen MR) is 212 cm³/mol. The summed E-state index contributed by atoms with van der Waals surface area (Å²) >= 11 is 6.16. The number of aliphatic hydroxyl groups is 1. The largest absolute Gasteiger partial charge is 0.481 e. The van der Waals surface area contributed by atoms with Gasteiger partial charge in [0.15, 0.2) is 5.78 Å². The zero-order chi connectivity index (χ0) is 40.3. The summed E-state index contributed by atoms with van der Waals surface area (Å²) in [6.07, 6.45) is 6.98. The fraction of sp³-hybridized carbons (Fsp3) is 0.739. The Labute approximate surface area is 333 Å². The molecule has 0 saturated heterocycles. The minimum Gasteiger partial charge on any atom is -0.481 e. The van der Waals surface area contributed by atoms with Gasteiger partial charge in [0.05, 0.1) is 17.9 Å². The van der Waals surface area contributed by atoms with E-state index in [4.69, 9.17) is 16.3 Å². The van der Waals surface area contributed by atoms with Gasteiger partial charge in [-0.15, -0.1) is 0 Å². The number of allylic oxidation sites excluding steroid dienone is 1. The van der Waals surface area contributed by atoms with Crippen LogP contribution >= 0.6 is 11.6 Å². The van der Waals surface area contributed by atoms with Crippen LogP contribution in [0.3, 0.4) is 0 Å². The molecule has 1 aromatic rings. The topological polar surface area (TPSA) is 130 Å². The number of benzene rings is 1. The van der Waals surface area contributed by atoms with Crippen molar-refractivity contribution < 1.29 is 34.1 Å². The van der Waals surface area contributed by atoms with Crippen LogP contribution in [0.2, 0.25) is 5.02 Å². The molecule has 0 radical (unpaired) electrons. The van der Waals surface area contributed by atoms with E-state index in [0.29, 0.717) is 41.7 Å². The third-order valence-corrected chi connectivity index (χ3v) is 17.9. The summed E-state index contributed by atoms with van der Waals surface area (Å²) in [5.74, 6) is -1.13. The number of carboxylic acid groups (broad SMARTS) is 1. The van der Waals surface area contributed by atoms with E-state index in [0.717, 1.165) is 50.5 Å². The highest BCUT2D eigenvalue weighted by atomic mass is 35.5. The number of carboxylic acids is 1. The molecule has 6 aliphatic rings. The lowest BCUT2D eigenvalue weighted by molar-refractivity contribution is -0.238. The molecule has 0 heterocycles. The van der Waals surface area contributed by atoms with Gasteiger partial charge in [0, 0.05) is 34.4 Å². The van der Waals surface area contributed by atoms with Crippen molar-refractivity contribution in [1.82, 2.24) is 5.32 Å². The van der Waals surface area contributed by atoms with Crippen LogP contribution in [0.5, 0.6) is 0 Å². The number of hydrogen-bond donors (Lipinski definition) is 3. The van der Waals surface area contributed by atoms with Crippen molar-refractivity contribution in [2.24, 2.45) is 68.0 Å². The molecule has 5 fully saturated rings. The quantitative estimate of drug-likeness (QED) is 0.225. The predicted octanol–water partition coefficient (Wildman–Crippen LogP) is 9.07. The number of carbonyl (C=O) groups is 4. The zero-order valence-corrected chi connectivity index (χ0v) is 35.3. The molecule has 3 N–H and O–H groups in total. The van der Waals surface area contributed by atoms with Crippen molar-refractivity contribution >= 4 is 35.2 Å². The molecule has 9 heteroatoms. The molecule has 302 valence electrons. The van der Waals surface area contributed by atoms with Gasteiger partial charge in [-0.05, 0) is 127 Å². The second kappa shape index (κ2) is 13.4.